The molecule has 18 heavy (non-hydrogen) atoms. The summed E-state index contributed by atoms with van der Waals surface area (Å²) < 4.78 is 38.2. The molecule has 6 nitrogen and oxygen atoms in total. The summed E-state index contributed by atoms with van der Waals surface area (Å²) in [4.78, 5) is 3.95. The molecular formula is C9H9F3N6. The van der Waals surface area contributed by atoms with E-state index in [1.54, 1.807) is 7.05 Å². The lowest BCUT2D eigenvalue weighted by Crippen LogP contribution is -2.10. The molecular weight excluding hydrogens is 249 g/mol. The van der Waals surface area contributed by atoms with E-state index in [4.69, 9.17) is 0 Å². The molecule has 2 aromatic rings. The van der Waals surface area contributed by atoms with Crippen LogP contribution >= 0.6 is 0 Å². The number of halogens is 3. The normalized spacial score (nSPS) is 11.6. The number of aryl methyl sites for hydroxylation is 1. The SMILES string of the molecule is Cn1cnc(CNc2ccc(C(F)(F)F)nn2)n1. The van der Waals surface area contributed by atoms with Crippen molar-refractivity contribution in [3.63, 3.8) is 0 Å². The quantitative estimate of drug-likeness (QED) is 0.896. The molecule has 0 bridgehead atoms. The van der Waals surface area contributed by atoms with E-state index < -0.39 is 11.9 Å². The summed E-state index contributed by atoms with van der Waals surface area (Å²) in [6.07, 6.45) is -2.95. The molecule has 1 N–H and O–H groups in total. The Kier molecular flexibility index (Phi) is 3.13. The van der Waals surface area contributed by atoms with E-state index in [0.29, 0.717) is 5.82 Å². The fourth-order valence-electron chi connectivity index (χ4n) is 1.21. The zero-order valence-corrected chi connectivity index (χ0v) is 9.31. The first-order valence-corrected chi connectivity index (χ1v) is 4.94. The van der Waals surface area contributed by atoms with Crippen molar-refractivity contribution >= 4 is 5.82 Å². The first-order chi connectivity index (χ1) is 8.45. The van der Waals surface area contributed by atoms with Gasteiger partial charge < -0.3 is 5.32 Å². The average Bonchev–Trinajstić information content (AvgIpc) is 2.72. The molecule has 2 rings (SSSR count). The minimum absolute atomic E-state index is 0.232. The number of nitrogens with zero attached hydrogens (tertiary/aromatic N) is 5. The van der Waals surface area contributed by atoms with Crippen LogP contribution in [0.5, 0.6) is 0 Å². The largest absolute Gasteiger partial charge is 0.435 e. The van der Waals surface area contributed by atoms with Crippen LogP contribution in [-0.4, -0.2) is 25.0 Å². The summed E-state index contributed by atoms with van der Waals surface area (Å²) in [7, 11) is 1.72. The van der Waals surface area contributed by atoms with E-state index in [2.05, 4.69) is 25.6 Å². The maximum Gasteiger partial charge on any atom is 0.435 e. The molecule has 96 valence electrons. The molecule has 0 aliphatic carbocycles. The number of hydrogen-bond donors (Lipinski definition) is 1. The summed E-state index contributed by atoms with van der Waals surface area (Å²) >= 11 is 0. The predicted molar refractivity (Wildman–Crippen MR) is 55.4 cm³/mol. The molecule has 0 aromatic carbocycles. The van der Waals surface area contributed by atoms with Gasteiger partial charge in [-0.1, -0.05) is 0 Å². The van der Waals surface area contributed by atoms with Crippen molar-refractivity contribution in [1.82, 2.24) is 25.0 Å². The Morgan fingerprint density at radius 3 is 2.56 bits per heavy atom. The van der Waals surface area contributed by atoms with Gasteiger partial charge in [0.05, 0.1) is 6.54 Å². The molecule has 0 atom stereocenters. The van der Waals surface area contributed by atoms with Crippen LogP contribution in [0.15, 0.2) is 18.5 Å². The van der Waals surface area contributed by atoms with Gasteiger partial charge >= 0.3 is 6.18 Å². The number of rotatable bonds is 3. The molecule has 9 heteroatoms. The fraction of sp³-hybridized carbons (Fsp3) is 0.333. The Labute approximate surface area is 99.9 Å². The predicted octanol–water partition coefficient (Wildman–Crippen LogP) is 1.24. The van der Waals surface area contributed by atoms with Crippen LogP contribution in [0.4, 0.5) is 19.0 Å². The second kappa shape index (κ2) is 4.59. The molecule has 0 aliphatic heterocycles. The third kappa shape index (κ3) is 2.93. The Balaban J connectivity index is 1.98. The van der Waals surface area contributed by atoms with Crippen LogP contribution in [0.1, 0.15) is 11.5 Å². The lowest BCUT2D eigenvalue weighted by molar-refractivity contribution is -0.141. The lowest BCUT2D eigenvalue weighted by atomic mass is 10.4. The second-order valence-electron chi connectivity index (χ2n) is 3.49. The van der Waals surface area contributed by atoms with Gasteiger partial charge in [0.2, 0.25) is 0 Å². The van der Waals surface area contributed by atoms with Crippen LogP contribution in [0, 0.1) is 0 Å². The van der Waals surface area contributed by atoms with Gasteiger partial charge in [0, 0.05) is 7.05 Å². The van der Waals surface area contributed by atoms with Gasteiger partial charge in [0.15, 0.2) is 11.5 Å². The van der Waals surface area contributed by atoms with Crippen molar-refractivity contribution < 1.29 is 13.2 Å². The Bertz CT molecular complexity index is 518. The van der Waals surface area contributed by atoms with Crippen molar-refractivity contribution in [3.05, 3.63) is 30.0 Å². The molecule has 0 amide bonds. The molecule has 2 aromatic heterocycles. The smallest absolute Gasteiger partial charge is 0.361 e. The van der Waals surface area contributed by atoms with Gasteiger partial charge in [0.25, 0.3) is 0 Å². The molecule has 0 radical (unpaired) electrons. The topological polar surface area (TPSA) is 68.5 Å². The van der Waals surface area contributed by atoms with Gasteiger partial charge in [0.1, 0.15) is 12.1 Å². The monoisotopic (exact) mass is 258 g/mol. The van der Waals surface area contributed by atoms with E-state index in [-0.39, 0.29) is 12.4 Å². The highest BCUT2D eigenvalue weighted by molar-refractivity contribution is 5.33. The van der Waals surface area contributed by atoms with Gasteiger partial charge in [-0.3, -0.25) is 4.68 Å². The van der Waals surface area contributed by atoms with Gasteiger partial charge in [-0.15, -0.1) is 10.2 Å². The first-order valence-electron chi connectivity index (χ1n) is 4.94. The Morgan fingerprint density at radius 1 is 1.28 bits per heavy atom. The number of alkyl halides is 3. The molecule has 0 spiro atoms. The first kappa shape index (κ1) is 12.3. The molecule has 0 aliphatic rings. The minimum Gasteiger partial charge on any atom is -0.361 e. The van der Waals surface area contributed by atoms with E-state index in [1.165, 1.54) is 17.1 Å². The van der Waals surface area contributed by atoms with Crippen molar-refractivity contribution in [1.29, 1.82) is 0 Å². The van der Waals surface area contributed by atoms with E-state index in [0.717, 1.165) is 6.07 Å². The van der Waals surface area contributed by atoms with Gasteiger partial charge in [-0.05, 0) is 12.1 Å². The average molecular weight is 258 g/mol. The van der Waals surface area contributed by atoms with Crippen LogP contribution < -0.4 is 5.32 Å². The van der Waals surface area contributed by atoms with E-state index in [1.807, 2.05) is 0 Å². The third-order valence-corrected chi connectivity index (χ3v) is 2.03. The highest BCUT2D eigenvalue weighted by atomic mass is 19.4. The molecule has 2 heterocycles. The van der Waals surface area contributed by atoms with Gasteiger partial charge in [-0.2, -0.15) is 18.3 Å². The Hall–Kier alpha value is -2.19. The summed E-state index contributed by atoms with van der Waals surface area (Å²) in [6.45, 7) is 0.265. The zero-order valence-electron chi connectivity index (χ0n) is 9.31. The van der Waals surface area contributed by atoms with Crippen molar-refractivity contribution in [3.8, 4) is 0 Å². The van der Waals surface area contributed by atoms with Gasteiger partial charge in [-0.25, -0.2) is 4.98 Å². The van der Waals surface area contributed by atoms with Crippen LogP contribution in [0.2, 0.25) is 0 Å². The maximum atomic E-state index is 12.2. The number of nitrogens with one attached hydrogen (secondary N) is 1. The summed E-state index contributed by atoms with van der Waals surface area (Å²) in [5.74, 6) is 0.745. The molecule has 0 saturated carbocycles. The van der Waals surface area contributed by atoms with E-state index >= 15 is 0 Å². The summed E-state index contributed by atoms with van der Waals surface area (Å²) in [5.41, 5.74) is -1.02. The standard InChI is InChI=1S/C9H9F3N6/c1-18-5-14-8(17-18)4-13-7-3-2-6(15-16-7)9(10,11)12/h2-3,5H,4H2,1H3,(H,13,16). The van der Waals surface area contributed by atoms with Crippen LogP contribution in [0.25, 0.3) is 0 Å². The number of hydrogen-bond acceptors (Lipinski definition) is 5. The minimum atomic E-state index is -4.48. The van der Waals surface area contributed by atoms with Crippen LogP contribution in [0.3, 0.4) is 0 Å². The van der Waals surface area contributed by atoms with E-state index in [9.17, 15) is 13.2 Å². The summed E-state index contributed by atoms with van der Waals surface area (Å²) in [6, 6.07) is 2.07. The number of aromatic nitrogens is 5. The number of anilines is 1. The second-order valence-corrected chi connectivity index (χ2v) is 3.49. The van der Waals surface area contributed by atoms with Crippen molar-refractivity contribution in [2.45, 2.75) is 12.7 Å². The highest BCUT2D eigenvalue weighted by Gasteiger charge is 2.32. The van der Waals surface area contributed by atoms with Crippen molar-refractivity contribution in [2.75, 3.05) is 5.32 Å². The lowest BCUT2D eigenvalue weighted by Gasteiger charge is -2.05. The Morgan fingerprint density at radius 2 is 2.06 bits per heavy atom. The molecule has 0 fully saturated rings. The van der Waals surface area contributed by atoms with Crippen molar-refractivity contribution in [2.24, 2.45) is 7.05 Å². The maximum absolute atomic E-state index is 12.2. The molecule has 0 saturated heterocycles. The molecule has 0 unspecified atom stereocenters. The zero-order chi connectivity index (χ0) is 13.2. The highest BCUT2D eigenvalue weighted by Crippen LogP contribution is 2.26. The van der Waals surface area contributed by atoms with Crippen LogP contribution in [-0.2, 0) is 19.8 Å². The fourth-order valence-corrected chi connectivity index (χ4v) is 1.21. The summed E-state index contributed by atoms with van der Waals surface area (Å²) in [5, 5.41) is 13.3. The third-order valence-electron chi connectivity index (χ3n) is 2.03.